The predicted molar refractivity (Wildman–Crippen MR) is 85.6 cm³/mol. The fraction of sp³-hybridized carbons (Fsp3) is 0.471. The Balaban J connectivity index is 2.05. The van der Waals surface area contributed by atoms with Crippen LogP contribution >= 0.6 is 0 Å². The molecule has 0 aliphatic carbocycles. The molecule has 0 saturated carbocycles. The van der Waals surface area contributed by atoms with Gasteiger partial charge in [0.25, 0.3) is 0 Å². The Hall–Kier alpha value is -2.02. The summed E-state index contributed by atoms with van der Waals surface area (Å²) in [6.45, 7) is 4.72. The summed E-state index contributed by atoms with van der Waals surface area (Å²) in [6.07, 6.45) is -1.80. The zero-order chi connectivity index (χ0) is 17.7. The van der Waals surface area contributed by atoms with E-state index in [1.807, 2.05) is 13.8 Å². The second-order valence-corrected chi connectivity index (χ2v) is 6.16. The lowest BCUT2D eigenvalue weighted by Gasteiger charge is -2.20. The smallest absolute Gasteiger partial charge is 0.408 e. The van der Waals surface area contributed by atoms with Crippen molar-refractivity contribution >= 4 is 0 Å². The van der Waals surface area contributed by atoms with E-state index in [2.05, 4.69) is 10.4 Å². The zero-order valence-corrected chi connectivity index (χ0v) is 14.0. The van der Waals surface area contributed by atoms with E-state index < -0.39 is 12.2 Å². The van der Waals surface area contributed by atoms with Gasteiger partial charge in [-0.2, -0.15) is 18.3 Å². The van der Waals surface area contributed by atoms with Crippen molar-refractivity contribution in [2.45, 2.75) is 32.6 Å². The SMILES string of the molecule is CC(C)COc1cccc(CN[C@@H](c2cnn(C)c2)C(F)(F)F)c1. The highest BCUT2D eigenvalue weighted by Gasteiger charge is 2.41. The van der Waals surface area contributed by atoms with Gasteiger partial charge in [-0.05, 0) is 23.6 Å². The Morgan fingerprint density at radius 2 is 2.04 bits per heavy atom. The average Bonchev–Trinajstić information content (AvgIpc) is 2.90. The van der Waals surface area contributed by atoms with Gasteiger partial charge in [-0.1, -0.05) is 26.0 Å². The van der Waals surface area contributed by atoms with Gasteiger partial charge in [0.2, 0.25) is 0 Å². The number of ether oxygens (including phenoxy) is 1. The summed E-state index contributed by atoms with van der Waals surface area (Å²) in [5, 5.41) is 6.38. The van der Waals surface area contributed by atoms with Crippen molar-refractivity contribution in [2.75, 3.05) is 6.61 Å². The second kappa shape index (κ2) is 7.70. The lowest BCUT2D eigenvalue weighted by molar-refractivity contribution is -0.158. The van der Waals surface area contributed by atoms with E-state index in [9.17, 15) is 13.2 Å². The summed E-state index contributed by atoms with van der Waals surface area (Å²) in [4.78, 5) is 0. The van der Waals surface area contributed by atoms with Crippen LogP contribution in [0, 0.1) is 5.92 Å². The summed E-state index contributed by atoms with van der Waals surface area (Å²) < 4.78 is 46.8. The molecular formula is C17H22F3N3O. The number of alkyl halides is 3. The van der Waals surface area contributed by atoms with Crippen LogP contribution in [0.25, 0.3) is 0 Å². The van der Waals surface area contributed by atoms with Crippen LogP contribution in [0.1, 0.15) is 31.0 Å². The van der Waals surface area contributed by atoms with Crippen LogP contribution in [0.4, 0.5) is 13.2 Å². The molecule has 0 aliphatic rings. The van der Waals surface area contributed by atoms with Crippen LogP contribution in [-0.2, 0) is 13.6 Å². The Morgan fingerprint density at radius 3 is 2.62 bits per heavy atom. The molecule has 0 radical (unpaired) electrons. The van der Waals surface area contributed by atoms with Crippen molar-refractivity contribution < 1.29 is 17.9 Å². The quantitative estimate of drug-likeness (QED) is 0.831. The molecule has 0 spiro atoms. The van der Waals surface area contributed by atoms with Crippen molar-refractivity contribution in [3.8, 4) is 5.75 Å². The highest BCUT2D eigenvalue weighted by Crippen LogP contribution is 2.32. The van der Waals surface area contributed by atoms with E-state index in [-0.39, 0.29) is 12.1 Å². The topological polar surface area (TPSA) is 39.1 Å². The van der Waals surface area contributed by atoms with Gasteiger partial charge < -0.3 is 4.74 Å². The van der Waals surface area contributed by atoms with Gasteiger partial charge >= 0.3 is 6.18 Å². The van der Waals surface area contributed by atoms with Crippen LogP contribution in [0.3, 0.4) is 0 Å². The number of nitrogens with one attached hydrogen (secondary N) is 1. The van der Waals surface area contributed by atoms with Gasteiger partial charge in [0, 0.05) is 25.4 Å². The van der Waals surface area contributed by atoms with Crippen LogP contribution in [-0.4, -0.2) is 22.6 Å². The third-order valence-corrected chi connectivity index (χ3v) is 3.38. The molecule has 2 aromatic rings. The third kappa shape index (κ3) is 5.26. The lowest BCUT2D eigenvalue weighted by Crippen LogP contribution is -2.33. The van der Waals surface area contributed by atoms with Crippen molar-refractivity contribution in [3.05, 3.63) is 47.8 Å². The number of halogens is 3. The molecule has 1 heterocycles. The van der Waals surface area contributed by atoms with E-state index in [1.165, 1.54) is 17.1 Å². The first-order chi connectivity index (χ1) is 11.3. The largest absolute Gasteiger partial charge is 0.493 e. The first-order valence-electron chi connectivity index (χ1n) is 7.76. The molecule has 0 aliphatic heterocycles. The number of rotatable bonds is 7. The minimum Gasteiger partial charge on any atom is -0.493 e. The van der Waals surface area contributed by atoms with Crippen molar-refractivity contribution in [1.82, 2.24) is 15.1 Å². The van der Waals surface area contributed by atoms with Crippen LogP contribution < -0.4 is 10.1 Å². The van der Waals surface area contributed by atoms with E-state index >= 15 is 0 Å². The standard InChI is InChI=1S/C17H22F3N3O/c1-12(2)11-24-15-6-4-5-13(7-15)8-21-16(17(18,19)20)14-9-22-23(3)10-14/h4-7,9-10,12,16,21H,8,11H2,1-3H3/t16-/m0/s1. The highest BCUT2D eigenvalue weighted by molar-refractivity contribution is 5.28. The Labute approximate surface area is 139 Å². The second-order valence-electron chi connectivity index (χ2n) is 6.16. The molecule has 7 heteroatoms. The van der Waals surface area contributed by atoms with Gasteiger partial charge in [0.1, 0.15) is 11.8 Å². The fourth-order valence-electron chi connectivity index (χ4n) is 2.24. The molecule has 0 bridgehead atoms. The summed E-state index contributed by atoms with van der Waals surface area (Å²) in [6, 6.07) is 5.34. The minimum atomic E-state index is -4.39. The minimum absolute atomic E-state index is 0.0813. The molecule has 2 rings (SSSR count). The Morgan fingerprint density at radius 1 is 1.29 bits per heavy atom. The lowest BCUT2D eigenvalue weighted by atomic mass is 10.1. The Kier molecular flexibility index (Phi) is 5.88. The molecule has 0 fully saturated rings. The molecule has 0 unspecified atom stereocenters. The normalized spacial score (nSPS) is 13.3. The maximum absolute atomic E-state index is 13.3. The molecule has 0 amide bonds. The molecule has 1 aromatic carbocycles. The van der Waals surface area contributed by atoms with Crippen LogP contribution in [0.2, 0.25) is 0 Å². The molecule has 1 N–H and O–H groups in total. The van der Waals surface area contributed by atoms with Gasteiger partial charge in [-0.3, -0.25) is 10.00 Å². The van der Waals surface area contributed by atoms with Gasteiger partial charge in [-0.25, -0.2) is 0 Å². The van der Waals surface area contributed by atoms with Crippen LogP contribution in [0.15, 0.2) is 36.7 Å². The van der Waals surface area contributed by atoms with E-state index in [1.54, 1.807) is 31.3 Å². The summed E-state index contributed by atoms with van der Waals surface area (Å²) in [7, 11) is 1.59. The molecule has 1 aromatic heterocycles. The number of hydrogen-bond acceptors (Lipinski definition) is 3. The molecule has 24 heavy (non-hydrogen) atoms. The van der Waals surface area contributed by atoms with Crippen molar-refractivity contribution in [2.24, 2.45) is 13.0 Å². The number of hydrogen-bond donors (Lipinski definition) is 1. The van der Waals surface area contributed by atoms with Gasteiger partial charge in [0.15, 0.2) is 0 Å². The average molecular weight is 341 g/mol. The summed E-state index contributed by atoms with van der Waals surface area (Å²) >= 11 is 0. The summed E-state index contributed by atoms with van der Waals surface area (Å²) in [5.74, 6) is 1.04. The van der Waals surface area contributed by atoms with Gasteiger partial charge in [0.05, 0.1) is 12.8 Å². The monoisotopic (exact) mass is 341 g/mol. The predicted octanol–water partition coefficient (Wildman–Crippen LogP) is 3.85. The van der Waals surface area contributed by atoms with E-state index in [0.717, 1.165) is 5.56 Å². The van der Waals surface area contributed by atoms with Gasteiger partial charge in [-0.15, -0.1) is 0 Å². The van der Waals surface area contributed by atoms with Crippen molar-refractivity contribution in [3.63, 3.8) is 0 Å². The fourth-order valence-corrected chi connectivity index (χ4v) is 2.24. The number of aromatic nitrogens is 2. The number of aryl methyl sites for hydroxylation is 1. The summed E-state index contributed by atoms with van der Waals surface area (Å²) in [5.41, 5.74) is 0.826. The molecule has 1 atom stereocenters. The Bertz CT molecular complexity index is 653. The maximum Gasteiger partial charge on any atom is 0.408 e. The highest BCUT2D eigenvalue weighted by atomic mass is 19.4. The van der Waals surface area contributed by atoms with Crippen molar-refractivity contribution in [1.29, 1.82) is 0 Å². The molecule has 4 nitrogen and oxygen atoms in total. The molecule has 132 valence electrons. The van der Waals surface area contributed by atoms with Crippen LogP contribution in [0.5, 0.6) is 5.75 Å². The number of nitrogens with zero attached hydrogens (tertiary/aromatic N) is 2. The zero-order valence-electron chi connectivity index (χ0n) is 14.0. The first kappa shape index (κ1) is 18.3. The maximum atomic E-state index is 13.3. The molecular weight excluding hydrogens is 319 g/mol. The van der Waals surface area contributed by atoms with E-state index in [4.69, 9.17) is 4.74 Å². The third-order valence-electron chi connectivity index (χ3n) is 3.38. The number of benzene rings is 1. The first-order valence-corrected chi connectivity index (χ1v) is 7.76. The van der Waals surface area contributed by atoms with E-state index in [0.29, 0.717) is 18.3 Å². The molecule has 0 saturated heterocycles.